The predicted molar refractivity (Wildman–Crippen MR) is 190 cm³/mol. The van der Waals surface area contributed by atoms with E-state index >= 15 is 0 Å². The number of benzene rings is 2. The van der Waals surface area contributed by atoms with Crippen molar-refractivity contribution < 1.29 is 43.3 Å². The SMILES string of the molecule is COC(=O)C(NC(=O)C(NC(=O)CCC(O)C(Cc1ccccc1)NC(=O)C(C)NC(=O)C(C)NC(=O)OCc1ccccc1)C(C)C)C(C)C. The van der Waals surface area contributed by atoms with Gasteiger partial charge in [-0.1, -0.05) is 88.4 Å². The van der Waals surface area contributed by atoms with Crippen molar-refractivity contribution in [2.45, 2.75) is 104 Å². The molecule has 0 aliphatic carbocycles. The number of methoxy groups -OCH3 is 1. The molecule has 51 heavy (non-hydrogen) atoms. The van der Waals surface area contributed by atoms with Gasteiger partial charge in [0.2, 0.25) is 23.6 Å². The number of rotatable bonds is 19. The van der Waals surface area contributed by atoms with E-state index in [9.17, 15) is 33.9 Å². The lowest BCUT2D eigenvalue weighted by molar-refractivity contribution is -0.146. The van der Waals surface area contributed by atoms with Gasteiger partial charge in [0.05, 0.1) is 19.3 Å². The molecule has 0 bridgehead atoms. The van der Waals surface area contributed by atoms with Crippen LogP contribution in [0.1, 0.15) is 65.5 Å². The second kappa shape index (κ2) is 21.3. The molecular formula is C37H53N5O9. The standard InChI is InChI=1S/C37H53N5O9/c1-22(2)31(35(47)42-32(23(3)4)36(48)50-7)41-30(44)19-18-29(43)28(20-26-14-10-8-11-15-26)40-34(46)24(5)38-33(45)25(6)39-37(49)51-21-27-16-12-9-13-17-27/h8-17,22-25,28-29,31-32,43H,18-21H2,1-7H3,(H,38,45)(H,39,49)(H,40,46)(H,41,44)(H,42,47). The molecule has 2 aromatic carbocycles. The van der Waals surface area contributed by atoms with Gasteiger partial charge >= 0.3 is 12.1 Å². The number of nitrogens with one attached hydrogen (secondary N) is 5. The van der Waals surface area contributed by atoms with Crippen LogP contribution in [-0.2, 0) is 46.5 Å². The monoisotopic (exact) mass is 711 g/mol. The predicted octanol–water partition coefficient (Wildman–Crippen LogP) is 2.13. The molecule has 6 unspecified atom stereocenters. The van der Waals surface area contributed by atoms with E-state index in [1.54, 1.807) is 39.8 Å². The van der Waals surface area contributed by atoms with E-state index in [2.05, 4.69) is 26.6 Å². The first-order chi connectivity index (χ1) is 24.1. The summed E-state index contributed by atoms with van der Waals surface area (Å²) in [6, 6.07) is 13.4. The lowest BCUT2D eigenvalue weighted by atomic mass is 9.97. The van der Waals surface area contributed by atoms with Crippen molar-refractivity contribution in [3.8, 4) is 0 Å². The van der Waals surface area contributed by atoms with Gasteiger partial charge in [-0.25, -0.2) is 9.59 Å². The Morgan fingerprint density at radius 3 is 1.73 bits per heavy atom. The summed E-state index contributed by atoms with van der Waals surface area (Å²) in [6.45, 7) is 9.96. The quantitative estimate of drug-likeness (QED) is 0.118. The Labute approximate surface area is 299 Å². The maximum Gasteiger partial charge on any atom is 0.408 e. The van der Waals surface area contributed by atoms with Gasteiger partial charge in [0.15, 0.2) is 0 Å². The summed E-state index contributed by atoms with van der Waals surface area (Å²) in [4.78, 5) is 76.4. The van der Waals surface area contributed by atoms with E-state index in [4.69, 9.17) is 9.47 Å². The molecule has 6 N–H and O–H groups in total. The Hall–Kier alpha value is -4.98. The second-order valence-corrected chi connectivity index (χ2v) is 13.1. The van der Waals surface area contributed by atoms with E-state index < -0.39 is 72.0 Å². The lowest BCUT2D eigenvalue weighted by Crippen LogP contribution is -2.55. The van der Waals surface area contributed by atoms with Crippen LogP contribution in [0.2, 0.25) is 0 Å². The largest absolute Gasteiger partial charge is 0.467 e. The first-order valence-electron chi connectivity index (χ1n) is 17.1. The lowest BCUT2D eigenvalue weighted by Gasteiger charge is -2.28. The van der Waals surface area contributed by atoms with Gasteiger partial charge in [-0.15, -0.1) is 0 Å². The number of hydrogen-bond acceptors (Lipinski definition) is 9. The zero-order chi connectivity index (χ0) is 38.1. The zero-order valence-corrected chi connectivity index (χ0v) is 30.4. The fourth-order valence-corrected chi connectivity index (χ4v) is 5.00. The zero-order valence-electron chi connectivity index (χ0n) is 30.4. The van der Waals surface area contributed by atoms with Crippen molar-refractivity contribution in [1.29, 1.82) is 0 Å². The molecule has 2 aromatic rings. The molecule has 0 saturated carbocycles. The summed E-state index contributed by atoms with van der Waals surface area (Å²) < 4.78 is 9.95. The Balaban J connectivity index is 2.00. The molecule has 0 spiro atoms. The highest BCUT2D eigenvalue weighted by atomic mass is 16.5. The van der Waals surface area contributed by atoms with Crippen LogP contribution in [0.5, 0.6) is 0 Å². The van der Waals surface area contributed by atoms with Crippen molar-refractivity contribution in [3.63, 3.8) is 0 Å². The second-order valence-electron chi connectivity index (χ2n) is 13.1. The molecule has 280 valence electrons. The Morgan fingerprint density at radius 1 is 0.647 bits per heavy atom. The fourth-order valence-electron chi connectivity index (χ4n) is 5.00. The number of alkyl carbamates (subject to hydrolysis) is 1. The van der Waals surface area contributed by atoms with Gasteiger partial charge in [0, 0.05) is 6.42 Å². The summed E-state index contributed by atoms with van der Waals surface area (Å²) in [5.41, 5.74) is 1.60. The highest BCUT2D eigenvalue weighted by Crippen LogP contribution is 2.13. The van der Waals surface area contributed by atoms with Gasteiger partial charge in [0.1, 0.15) is 30.8 Å². The van der Waals surface area contributed by atoms with Gasteiger partial charge in [-0.2, -0.15) is 0 Å². The van der Waals surface area contributed by atoms with Crippen LogP contribution < -0.4 is 26.6 Å². The molecule has 14 heteroatoms. The van der Waals surface area contributed by atoms with Crippen LogP contribution in [0.3, 0.4) is 0 Å². The molecule has 2 rings (SSSR count). The minimum absolute atomic E-state index is 0.0238. The Morgan fingerprint density at radius 2 is 1.18 bits per heavy atom. The number of aliphatic hydroxyl groups excluding tert-OH is 1. The number of aliphatic hydroxyl groups is 1. The molecule has 5 amide bonds. The smallest absolute Gasteiger partial charge is 0.408 e. The van der Waals surface area contributed by atoms with Crippen LogP contribution in [0.25, 0.3) is 0 Å². The van der Waals surface area contributed by atoms with Crippen LogP contribution in [0.4, 0.5) is 4.79 Å². The maximum atomic E-state index is 13.2. The van der Waals surface area contributed by atoms with Crippen molar-refractivity contribution in [3.05, 3.63) is 71.8 Å². The van der Waals surface area contributed by atoms with Crippen molar-refractivity contribution in [1.82, 2.24) is 26.6 Å². The molecular weight excluding hydrogens is 658 g/mol. The van der Waals surface area contributed by atoms with Crippen molar-refractivity contribution in [2.75, 3.05) is 7.11 Å². The molecule has 0 fully saturated rings. The van der Waals surface area contributed by atoms with Crippen LogP contribution >= 0.6 is 0 Å². The average Bonchev–Trinajstić information content (AvgIpc) is 3.10. The number of esters is 1. The molecule has 0 aromatic heterocycles. The highest BCUT2D eigenvalue weighted by molar-refractivity contribution is 5.92. The molecule has 0 radical (unpaired) electrons. The number of hydrogen-bond donors (Lipinski definition) is 6. The molecule has 0 saturated heterocycles. The van der Waals surface area contributed by atoms with E-state index in [1.165, 1.54) is 21.0 Å². The molecule has 0 heterocycles. The van der Waals surface area contributed by atoms with Gasteiger partial charge in [0.25, 0.3) is 0 Å². The first kappa shape index (κ1) is 42.2. The maximum absolute atomic E-state index is 13.2. The fraction of sp³-hybridized carbons (Fsp3) is 0.514. The minimum atomic E-state index is -1.18. The molecule has 14 nitrogen and oxygen atoms in total. The minimum Gasteiger partial charge on any atom is -0.467 e. The summed E-state index contributed by atoms with van der Waals surface area (Å²) in [5.74, 6) is -3.42. The third kappa shape index (κ3) is 14.8. The number of ether oxygens (including phenoxy) is 2. The first-order valence-corrected chi connectivity index (χ1v) is 17.1. The van der Waals surface area contributed by atoms with Crippen molar-refractivity contribution in [2.24, 2.45) is 11.8 Å². The topological polar surface area (TPSA) is 201 Å². The molecule has 6 atom stereocenters. The van der Waals surface area contributed by atoms with Crippen molar-refractivity contribution >= 4 is 35.7 Å². The van der Waals surface area contributed by atoms with E-state index in [-0.39, 0.29) is 37.7 Å². The van der Waals surface area contributed by atoms with Gasteiger partial charge in [-0.05, 0) is 49.7 Å². The number of carbonyl (C=O) groups is 6. The summed E-state index contributed by atoms with van der Waals surface area (Å²) >= 11 is 0. The van der Waals surface area contributed by atoms with E-state index in [0.717, 1.165) is 11.1 Å². The van der Waals surface area contributed by atoms with Crippen LogP contribution in [0.15, 0.2) is 60.7 Å². The Bertz CT molecular complexity index is 1440. The van der Waals surface area contributed by atoms with Crippen LogP contribution in [0, 0.1) is 11.8 Å². The Kier molecular flexibility index (Phi) is 17.6. The average molecular weight is 712 g/mol. The third-order valence-electron chi connectivity index (χ3n) is 8.14. The summed E-state index contributed by atoms with van der Waals surface area (Å²) in [5, 5.41) is 24.3. The summed E-state index contributed by atoms with van der Waals surface area (Å²) in [7, 11) is 1.23. The van der Waals surface area contributed by atoms with Gasteiger partial charge in [-0.3, -0.25) is 19.2 Å². The molecule has 0 aliphatic heterocycles. The van der Waals surface area contributed by atoms with Crippen LogP contribution in [-0.4, -0.2) is 84.2 Å². The molecule has 0 aliphatic rings. The number of amides is 5. The summed E-state index contributed by atoms with van der Waals surface area (Å²) in [6.07, 6.45) is -1.98. The van der Waals surface area contributed by atoms with E-state index in [1.807, 2.05) is 48.5 Å². The normalized spacial score (nSPS) is 14.5. The number of carbonyl (C=O) groups excluding carboxylic acids is 6. The van der Waals surface area contributed by atoms with E-state index in [0.29, 0.717) is 0 Å². The third-order valence-corrected chi connectivity index (χ3v) is 8.14. The van der Waals surface area contributed by atoms with Gasteiger partial charge < -0.3 is 41.2 Å². The highest BCUT2D eigenvalue weighted by Gasteiger charge is 2.32.